The van der Waals surface area contributed by atoms with E-state index in [0.29, 0.717) is 12.1 Å². The van der Waals surface area contributed by atoms with Gasteiger partial charge < -0.3 is 19.9 Å². The van der Waals surface area contributed by atoms with E-state index < -0.39 is 5.60 Å². The third kappa shape index (κ3) is 5.13. The van der Waals surface area contributed by atoms with Crippen molar-refractivity contribution >= 4 is 6.09 Å². The van der Waals surface area contributed by atoms with Gasteiger partial charge in [0, 0.05) is 25.2 Å². The van der Waals surface area contributed by atoms with Crippen molar-refractivity contribution in [1.82, 2.24) is 15.1 Å². The number of ether oxygens (including phenoxy) is 1. The van der Waals surface area contributed by atoms with E-state index >= 15 is 0 Å². The van der Waals surface area contributed by atoms with E-state index in [2.05, 4.69) is 17.3 Å². The Morgan fingerprint density at radius 2 is 1.95 bits per heavy atom. The van der Waals surface area contributed by atoms with E-state index in [1.807, 2.05) is 25.7 Å². The van der Waals surface area contributed by atoms with Crippen molar-refractivity contribution in [3.05, 3.63) is 0 Å². The van der Waals surface area contributed by atoms with Crippen LogP contribution in [0.15, 0.2) is 0 Å². The first-order valence-corrected chi connectivity index (χ1v) is 8.77. The van der Waals surface area contributed by atoms with Gasteiger partial charge in [-0.2, -0.15) is 0 Å². The molecule has 0 radical (unpaired) electrons. The van der Waals surface area contributed by atoms with Crippen molar-refractivity contribution in [1.29, 1.82) is 0 Å². The number of carbonyl (C=O) groups excluding carboxylic acids is 1. The van der Waals surface area contributed by atoms with E-state index in [0.717, 1.165) is 45.4 Å². The third-order valence-corrected chi connectivity index (χ3v) is 4.75. The lowest BCUT2D eigenvalue weighted by Gasteiger charge is -2.33. The number of hydrogen-bond donors (Lipinski definition) is 1. The molecule has 2 aliphatic rings. The minimum Gasteiger partial charge on any atom is -0.444 e. The van der Waals surface area contributed by atoms with Gasteiger partial charge in [-0.05, 0) is 73.0 Å². The zero-order chi connectivity index (χ0) is 16.2. The van der Waals surface area contributed by atoms with Crippen LogP contribution in [-0.4, -0.2) is 66.8 Å². The average Bonchev–Trinajstić information content (AvgIpc) is 2.92. The van der Waals surface area contributed by atoms with Crippen LogP contribution < -0.4 is 5.32 Å². The molecule has 1 N–H and O–H groups in total. The molecule has 1 unspecified atom stereocenters. The SMILES string of the molecule is CN(CCC1CCCN1C(=O)OC(C)(C)C)C1CCNCC1. The molecule has 2 saturated heterocycles. The summed E-state index contributed by atoms with van der Waals surface area (Å²) in [6.07, 6.45) is 5.59. The highest BCUT2D eigenvalue weighted by Gasteiger charge is 2.32. The summed E-state index contributed by atoms with van der Waals surface area (Å²) in [6, 6.07) is 1.04. The molecule has 22 heavy (non-hydrogen) atoms. The number of rotatable bonds is 4. The number of nitrogens with zero attached hydrogens (tertiary/aromatic N) is 2. The quantitative estimate of drug-likeness (QED) is 0.866. The number of carbonyl (C=O) groups is 1. The van der Waals surface area contributed by atoms with Crippen molar-refractivity contribution in [2.75, 3.05) is 33.2 Å². The lowest BCUT2D eigenvalue weighted by molar-refractivity contribution is 0.0210. The summed E-state index contributed by atoms with van der Waals surface area (Å²) in [7, 11) is 2.22. The maximum atomic E-state index is 12.3. The number of hydrogen-bond acceptors (Lipinski definition) is 4. The third-order valence-electron chi connectivity index (χ3n) is 4.75. The van der Waals surface area contributed by atoms with Crippen LogP contribution in [0.3, 0.4) is 0 Å². The van der Waals surface area contributed by atoms with E-state index in [9.17, 15) is 4.79 Å². The molecular weight excluding hydrogens is 278 g/mol. The van der Waals surface area contributed by atoms with Crippen LogP contribution in [0.4, 0.5) is 4.79 Å². The van der Waals surface area contributed by atoms with Crippen LogP contribution in [0.1, 0.15) is 52.9 Å². The standard InChI is InChI=1S/C17H33N3O2/c1-17(2,3)22-16(21)20-12-5-6-15(20)9-13-19(4)14-7-10-18-11-8-14/h14-15,18H,5-13H2,1-4H3. The maximum Gasteiger partial charge on any atom is 0.410 e. The predicted molar refractivity (Wildman–Crippen MR) is 89.1 cm³/mol. The van der Waals surface area contributed by atoms with Gasteiger partial charge in [-0.1, -0.05) is 0 Å². The normalized spacial score (nSPS) is 24.0. The zero-order valence-electron chi connectivity index (χ0n) is 14.7. The van der Waals surface area contributed by atoms with Crippen molar-refractivity contribution in [2.45, 2.75) is 70.6 Å². The molecule has 0 aromatic rings. The Morgan fingerprint density at radius 1 is 1.27 bits per heavy atom. The fourth-order valence-electron chi connectivity index (χ4n) is 3.48. The lowest BCUT2D eigenvalue weighted by atomic mass is 10.0. The van der Waals surface area contributed by atoms with Crippen molar-refractivity contribution < 1.29 is 9.53 Å². The second kappa shape index (κ2) is 7.64. The van der Waals surface area contributed by atoms with Gasteiger partial charge in [0.15, 0.2) is 0 Å². The van der Waals surface area contributed by atoms with Gasteiger partial charge in [-0.15, -0.1) is 0 Å². The molecule has 1 amide bonds. The summed E-state index contributed by atoms with van der Waals surface area (Å²) in [5, 5.41) is 3.41. The van der Waals surface area contributed by atoms with Gasteiger partial charge in [0.2, 0.25) is 0 Å². The van der Waals surface area contributed by atoms with Crippen LogP contribution in [0.5, 0.6) is 0 Å². The van der Waals surface area contributed by atoms with Gasteiger partial charge in [0.25, 0.3) is 0 Å². The molecular formula is C17H33N3O2. The second-order valence-corrected chi connectivity index (χ2v) is 7.72. The minimum absolute atomic E-state index is 0.139. The molecule has 5 heteroatoms. The summed E-state index contributed by atoms with van der Waals surface area (Å²) in [6.45, 7) is 9.96. The van der Waals surface area contributed by atoms with E-state index in [-0.39, 0.29) is 6.09 Å². The molecule has 1 atom stereocenters. The smallest absolute Gasteiger partial charge is 0.410 e. The average molecular weight is 311 g/mol. The summed E-state index contributed by atoms with van der Waals surface area (Å²) < 4.78 is 5.54. The van der Waals surface area contributed by atoms with Crippen LogP contribution in [0.25, 0.3) is 0 Å². The Balaban J connectivity index is 1.79. The van der Waals surface area contributed by atoms with E-state index in [4.69, 9.17) is 4.74 Å². The molecule has 0 aromatic heterocycles. The number of likely N-dealkylation sites (tertiary alicyclic amines) is 1. The fourth-order valence-corrected chi connectivity index (χ4v) is 3.48. The Bertz CT molecular complexity index is 361. The molecule has 0 aliphatic carbocycles. The largest absolute Gasteiger partial charge is 0.444 e. The maximum absolute atomic E-state index is 12.3. The first-order chi connectivity index (χ1) is 10.4. The van der Waals surface area contributed by atoms with Crippen molar-refractivity contribution in [2.24, 2.45) is 0 Å². The van der Waals surface area contributed by atoms with Gasteiger partial charge >= 0.3 is 6.09 Å². The highest BCUT2D eigenvalue weighted by molar-refractivity contribution is 5.68. The van der Waals surface area contributed by atoms with Gasteiger partial charge in [-0.3, -0.25) is 0 Å². The Hall–Kier alpha value is -0.810. The highest BCUT2D eigenvalue weighted by atomic mass is 16.6. The summed E-state index contributed by atoms with van der Waals surface area (Å²) in [5.74, 6) is 0. The summed E-state index contributed by atoms with van der Waals surface area (Å²) in [5.41, 5.74) is -0.407. The molecule has 2 fully saturated rings. The summed E-state index contributed by atoms with van der Waals surface area (Å²) in [4.78, 5) is 16.7. The van der Waals surface area contributed by atoms with Gasteiger partial charge in [0.1, 0.15) is 5.60 Å². The van der Waals surface area contributed by atoms with Crippen LogP contribution in [-0.2, 0) is 4.74 Å². The first-order valence-electron chi connectivity index (χ1n) is 8.77. The highest BCUT2D eigenvalue weighted by Crippen LogP contribution is 2.23. The van der Waals surface area contributed by atoms with Crippen LogP contribution in [0.2, 0.25) is 0 Å². The van der Waals surface area contributed by atoms with Gasteiger partial charge in [0.05, 0.1) is 0 Å². The lowest BCUT2D eigenvalue weighted by Crippen LogP contribution is -2.44. The Kier molecular flexibility index (Phi) is 6.09. The topological polar surface area (TPSA) is 44.8 Å². The minimum atomic E-state index is -0.407. The molecule has 5 nitrogen and oxygen atoms in total. The molecule has 2 heterocycles. The number of nitrogens with one attached hydrogen (secondary N) is 1. The Labute approximate surface area is 135 Å². The molecule has 128 valence electrons. The molecule has 2 rings (SSSR count). The zero-order valence-corrected chi connectivity index (χ0v) is 14.7. The fraction of sp³-hybridized carbons (Fsp3) is 0.941. The molecule has 0 bridgehead atoms. The molecule has 0 aromatic carbocycles. The van der Waals surface area contributed by atoms with Crippen LogP contribution >= 0.6 is 0 Å². The van der Waals surface area contributed by atoms with E-state index in [1.54, 1.807) is 0 Å². The monoisotopic (exact) mass is 311 g/mol. The molecule has 2 aliphatic heterocycles. The van der Waals surface area contributed by atoms with Crippen molar-refractivity contribution in [3.63, 3.8) is 0 Å². The number of piperidine rings is 1. The van der Waals surface area contributed by atoms with E-state index in [1.165, 1.54) is 12.8 Å². The molecule has 0 spiro atoms. The summed E-state index contributed by atoms with van der Waals surface area (Å²) >= 11 is 0. The molecule has 0 saturated carbocycles. The Morgan fingerprint density at radius 3 is 2.59 bits per heavy atom. The second-order valence-electron chi connectivity index (χ2n) is 7.72. The van der Waals surface area contributed by atoms with Crippen LogP contribution in [0, 0.1) is 0 Å². The predicted octanol–water partition coefficient (Wildman–Crippen LogP) is 2.46. The first kappa shape index (κ1) is 17.5. The number of amides is 1. The van der Waals surface area contributed by atoms with Crippen molar-refractivity contribution in [3.8, 4) is 0 Å². The van der Waals surface area contributed by atoms with Gasteiger partial charge in [-0.25, -0.2) is 4.79 Å².